The van der Waals surface area contributed by atoms with Crippen molar-refractivity contribution in [1.82, 2.24) is 10.6 Å². The lowest BCUT2D eigenvalue weighted by molar-refractivity contribution is -0.119. The maximum atomic E-state index is 12.2. The van der Waals surface area contributed by atoms with E-state index in [1.807, 2.05) is 36.4 Å². The second-order valence-electron chi connectivity index (χ2n) is 4.80. The van der Waals surface area contributed by atoms with Gasteiger partial charge in [0.05, 0.1) is 24.1 Å². The topological polar surface area (TPSA) is 78.4 Å². The molecule has 3 N–H and O–H groups in total. The van der Waals surface area contributed by atoms with E-state index in [0.29, 0.717) is 11.4 Å². The molecule has 2 rings (SSSR count). The zero-order valence-electron chi connectivity index (χ0n) is 12.2. The molecule has 1 aromatic carbocycles. The maximum absolute atomic E-state index is 12.2. The Labute approximate surface area is 133 Å². The van der Waals surface area contributed by atoms with Crippen LogP contribution < -0.4 is 10.6 Å². The summed E-state index contributed by atoms with van der Waals surface area (Å²) in [5.41, 5.74) is 0.855. The molecule has 0 saturated heterocycles. The number of aliphatic hydroxyl groups is 1. The first-order valence-corrected chi connectivity index (χ1v) is 7.71. The van der Waals surface area contributed by atoms with Crippen molar-refractivity contribution >= 4 is 23.2 Å². The van der Waals surface area contributed by atoms with E-state index in [0.717, 1.165) is 10.4 Å². The van der Waals surface area contributed by atoms with E-state index in [4.69, 9.17) is 0 Å². The summed E-state index contributed by atoms with van der Waals surface area (Å²) < 4.78 is 0. The molecule has 0 bridgehead atoms. The predicted molar refractivity (Wildman–Crippen MR) is 85.6 cm³/mol. The van der Waals surface area contributed by atoms with Crippen LogP contribution in [0.2, 0.25) is 0 Å². The highest BCUT2D eigenvalue weighted by Crippen LogP contribution is 2.18. The van der Waals surface area contributed by atoms with Crippen molar-refractivity contribution in [2.45, 2.75) is 19.5 Å². The number of amides is 2. The summed E-state index contributed by atoms with van der Waals surface area (Å²) in [6, 6.07) is 12.4. The molecule has 5 nitrogen and oxygen atoms in total. The lowest BCUT2D eigenvalue weighted by Crippen LogP contribution is -2.30. The van der Waals surface area contributed by atoms with Gasteiger partial charge < -0.3 is 15.7 Å². The van der Waals surface area contributed by atoms with E-state index in [1.54, 1.807) is 6.07 Å². The molecule has 1 heterocycles. The fourth-order valence-electron chi connectivity index (χ4n) is 1.96. The smallest absolute Gasteiger partial charge is 0.261 e. The first-order valence-electron chi connectivity index (χ1n) is 6.90. The predicted octanol–water partition coefficient (Wildman–Crippen LogP) is 1.85. The van der Waals surface area contributed by atoms with Gasteiger partial charge in [-0.15, -0.1) is 11.3 Å². The van der Waals surface area contributed by atoms with E-state index >= 15 is 0 Å². The number of thiophene rings is 1. The first-order chi connectivity index (χ1) is 10.6. The molecular weight excluding hydrogens is 300 g/mol. The minimum atomic E-state index is -0.436. The van der Waals surface area contributed by atoms with Gasteiger partial charge in [-0.1, -0.05) is 30.3 Å². The van der Waals surface area contributed by atoms with Crippen LogP contribution in [0.3, 0.4) is 0 Å². The van der Waals surface area contributed by atoms with Crippen LogP contribution in [0, 0.1) is 0 Å². The van der Waals surface area contributed by atoms with E-state index in [9.17, 15) is 14.7 Å². The fourth-order valence-corrected chi connectivity index (χ4v) is 2.81. The van der Waals surface area contributed by atoms with Crippen molar-refractivity contribution in [3.63, 3.8) is 0 Å². The number of hydrogen-bond acceptors (Lipinski definition) is 4. The number of nitrogens with one attached hydrogen (secondary N) is 2. The molecule has 0 saturated carbocycles. The lowest BCUT2D eigenvalue weighted by atomic mass is 10.1. The first kappa shape index (κ1) is 16.2. The van der Waals surface area contributed by atoms with Crippen molar-refractivity contribution in [2.24, 2.45) is 0 Å². The average Bonchev–Trinajstić information content (AvgIpc) is 3.00. The van der Waals surface area contributed by atoms with Crippen LogP contribution in [0.25, 0.3) is 0 Å². The van der Waals surface area contributed by atoms with E-state index in [2.05, 4.69) is 10.6 Å². The van der Waals surface area contributed by atoms with Crippen LogP contribution in [0.5, 0.6) is 0 Å². The van der Waals surface area contributed by atoms with Gasteiger partial charge >= 0.3 is 0 Å². The molecule has 0 aliphatic carbocycles. The van der Waals surface area contributed by atoms with Crippen molar-refractivity contribution < 1.29 is 14.7 Å². The summed E-state index contributed by atoms with van der Waals surface area (Å²) in [7, 11) is 0. The molecule has 1 unspecified atom stereocenters. The van der Waals surface area contributed by atoms with Gasteiger partial charge in [-0.3, -0.25) is 9.59 Å². The molecule has 0 spiro atoms. The quantitative estimate of drug-likeness (QED) is 0.760. The fraction of sp³-hybridized carbons (Fsp3) is 0.250. The number of carbonyl (C=O) groups is 2. The highest BCUT2D eigenvalue weighted by molar-refractivity contribution is 7.14. The van der Waals surface area contributed by atoms with E-state index < -0.39 is 6.04 Å². The minimum Gasteiger partial charge on any atom is -0.394 e. The van der Waals surface area contributed by atoms with Gasteiger partial charge in [-0.05, 0) is 17.7 Å². The number of rotatable bonds is 6. The molecule has 1 atom stereocenters. The zero-order chi connectivity index (χ0) is 15.9. The Morgan fingerprint density at radius 3 is 2.55 bits per heavy atom. The Bertz CT molecular complexity index is 640. The Balaban J connectivity index is 2.00. The Morgan fingerprint density at radius 1 is 1.18 bits per heavy atom. The Morgan fingerprint density at radius 2 is 1.91 bits per heavy atom. The van der Waals surface area contributed by atoms with Crippen LogP contribution in [0.4, 0.5) is 0 Å². The lowest BCUT2D eigenvalue weighted by Gasteiger charge is -2.16. The molecule has 22 heavy (non-hydrogen) atoms. The van der Waals surface area contributed by atoms with Gasteiger partial charge in [0, 0.05) is 11.8 Å². The molecule has 2 aromatic rings. The van der Waals surface area contributed by atoms with Crippen LogP contribution >= 0.6 is 11.3 Å². The monoisotopic (exact) mass is 318 g/mol. The molecule has 6 heteroatoms. The largest absolute Gasteiger partial charge is 0.394 e. The highest BCUT2D eigenvalue weighted by atomic mass is 32.1. The van der Waals surface area contributed by atoms with Crippen molar-refractivity contribution in [3.8, 4) is 0 Å². The van der Waals surface area contributed by atoms with Gasteiger partial charge in [0.15, 0.2) is 0 Å². The zero-order valence-corrected chi connectivity index (χ0v) is 13.0. The summed E-state index contributed by atoms with van der Waals surface area (Å²) in [6.07, 6.45) is 0. The van der Waals surface area contributed by atoms with Gasteiger partial charge in [0.1, 0.15) is 0 Å². The molecule has 0 aliphatic rings. The molecule has 0 aliphatic heterocycles. The second kappa shape index (κ2) is 7.72. The summed E-state index contributed by atoms with van der Waals surface area (Å²) in [6.45, 7) is 1.70. The second-order valence-corrected chi connectivity index (χ2v) is 5.96. The summed E-state index contributed by atoms with van der Waals surface area (Å²) in [5.74, 6) is -0.342. The molecule has 116 valence electrons. The SMILES string of the molecule is CC(=O)NCc1ccc(C(=O)NC(CO)c2ccccc2)s1. The molecular formula is C16H18N2O3S. The van der Waals surface area contributed by atoms with E-state index in [-0.39, 0.29) is 18.4 Å². The summed E-state index contributed by atoms with van der Waals surface area (Å²) >= 11 is 1.32. The van der Waals surface area contributed by atoms with Gasteiger partial charge in [0.2, 0.25) is 5.91 Å². The van der Waals surface area contributed by atoms with E-state index in [1.165, 1.54) is 18.3 Å². The number of aliphatic hydroxyl groups excluding tert-OH is 1. The third-order valence-corrected chi connectivity index (χ3v) is 4.17. The molecule has 1 aromatic heterocycles. The van der Waals surface area contributed by atoms with Crippen LogP contribution in [0.1, 0.15) is 33.1 Å². The van der Waals surface area contributed by atoms with Gasteiger partial charge in [-0.25, -0.2) is 0 Å². The molecule has 2 amide bonds. The number of hydrogen-bond donors (Lipinski definition) is 3. The average molecular weight is 318 g/mol. The van der Waals surface area contributed by atoms with Gasteiger partial charge in [0.25, 0.3) is 5.91 Å². The maximum Gasteiger partial charge on any atom is 0.261 e. The molecule has 0 fully saturated rings. The van der Waals surface area contributed by atoms with Crippen LogP contribution in [-0.4, -0.2) is 23.5 Å². The Hall–Kier alpha value is -2.18. The van der Waals surface area contributed by atoms with Crippen LogP contribution in [0.15, 0.2) is 42.5 Å². The summed E-state index contributed by atoms with van der Waals surface area (Å²) in [4.78, 5) is 24.6. The highest BCUT2D eigenvalue weighted by Gasteiger charge is 2.16. The minimum absolute atomic E-state index is 0.108. The molecule has 0 radical (unpaired) electrons. The number of carbonyl (C=O) groups excluding carboxylic acids is 2. The third kappa shape index (κ3) is 4.41. The normalized spacial score (nSPS) is 11.7. The van der Waals surface area contributed by atoms with Crippen LogP contribution in [-0.2, 0) is 11.3 Å². The number of benzene rings is 1. The standard InChI is InChI=1S/C16H18N2O3S/c1-11(20)17-9-13-7-8-15(22-13)16(21)18-14(10-19)12-5-3-2-4-6-12/h2-8,14,19H,9-10H2,1H3,(H,17,20)(H,18,21). The van der Waals surface area contributed by atoms with Crippen molar-refractivity contribution in [1.29, 1.82) is 0 Å². The third-order valence-electron chi connectivity index (χ3n) is 3.09. The summed E-state index contributed by atoms with van der Waals surface area (Å²) in [5, 5.41) is 15.0. The van der Waals surface area contributed by atoms with Crippen molar-refractivity contribution in [3.05, 3.63) is 57.8 Å². The van der Waals surface area contributed by atoms with Gasteiger partial charge in [-0.2, -0.15) is 0 Å². The van der Waals surface area contributed by atoms with Crippen molar-refractivity contribution in [2.75, 3.05) is 6.61 Å². The Kier molecular flexibility index (Phi) is 5.68.